The van der Waals surface area contributed by atoms with Crippen LogP contribution in [0.4, 0.5) is 0 Å². The zero-order chi connectivity index (χ0) is 15.2. The molecule has 1 atom stereocenters. The summed E-state index contributed by atoms with van der Waals surface area (Å²) in [6, 6.07) is 2.00. The number of pyridine rings is 1. The fourth-order valence-electron chi connectivity index (χ4n) is 1.94. The van der Waals surface area contributed by atoms with Gasteiger partial charge in [0.25, 0.3) is 0 Å². The Labute approximate surface area is 128 Å². The average molecular weight is 322 g/mol. The lowest BCUT2D eigenvalue weighted by Gasteiger charge is -2.19. The SMILES string of the molecule is Cc1noc(C(C)(C)c2cnc3nc([S+](C)[O-])sc3c2)n1. The summed E-state index contributed by atoms with van der Waals surface area (Å²) in [5, 5.41) is 3.84. The Bertz CT molecular complexity index is 794. The maximum absolute atomic E-state index is 11.5. The first-order chi connectivity index (χ1) is 9.88. The molecule has 8 heteroatoms. The van der Waals surface area contributed by atoms with Gasteiger partial charge in [-0.2, -0.15) is 9.97 Å². The van der Waals surface area contributed by atoms with Crippen LogP contribution in [0.2, 0.25) is 0 Å². The second kappa shape index (κ2) is 5.04. The number of nitrogens with zero attached hydrogens (tertiary/aromatic N) is 4. The minimum atomic E-state index is -1.10. The van der Waals surface area contributed by atoms with Gasteiger partial charge in [0, 0.05) is 17.4 Å². The second-order valence-corrected chi connectivity index (χ2v) is 7.84. The third-order valence-electron chi connectivity index (χ3n) is 3.26. The van der Waals surface area contributed by atoms with Crippen LogP contribution >= 0.6 is 11.3 Å². The zero-order valence-corrected chi connectivity index (χ0v) is 13.7. The summed E-state index contributed by atoms with van der Waals surface area (Å²) in [5.74, 6) is 1.15. The Balaban J connectivity index is 2.07. The summed E-state index contributed by atoms with van der Waals surface area (Å²) in [6.45, 7) is 5.79. The predicted molar refractivity (Wildman–Crippen MR) is 80.9 cm³/mol. The molecule has 0 saturated carbocycles. The van der Waals surface area contributed by atoms with Gasteiger partial charge < -0.3 is 9.08 Å². The van der Waals surface area contributed by atoms with E-state index in [1.54, 1.807) is 19.4 Å². The molecule has 3 aromatic heterocycles. The number of aryl methyl sites for hydroxylation is 1. The van der Waals surface area contributed by atoms with E-state index in [0.29, 0.717) is 21.7 Å². The summed E-state index contributed by atoms with van der Waals surface area (Å²) in [5.41, 5.74) is 1.13. The van der Waals surface area contributed by atoms with Gasteiger partial charge in [0.15, 0.2) is 11.5 Å². The van der Waals surface area contributed by atoms with Crippen molar-refractivity contribution in [2.45, 2.75) is 30.5 Å². The molecular formula is C13H14N4O2S2. The number of hydrogen-bond acceptors (Lipinski definition) is 7. The van der Waals surface area contributed by atoms with E-state index < -0.39 is 16.6 Å². The highest BCUT2D eigenvalue weighted by Crippen LogP contribution is 2.33. The summed E-state index contributed by atoms with van der Waals surface area (Å²) in [4.78, 5) is 12.9. The highest BCUT2D eigenvalue weighted by molar-refractivity contribution is 7.92. The fraction of sp³-hybridized carbons (Fsp3) is 0.385. The van der Waals surface area contributed by atoms with E-state index in [4.69, 9.17) is 4.52 Å². The first-order valence-corrected chi connectivity index (χ1v) is 8.66. The van der Waals surface area contributed by atoms with E-state index >= 15 is 0 Å². The largest absolute Gasteiger partial charge is 0.610 e. The minimum Gasteiger partial charge on any atom is -0.610 e. The van der Waals surface area contributed by atoms with Gasteiger partial charge in [0.1, 0.15) is 6.26 Å². The molecule has 0 N–H and O–H groups in total. The fourth-order valence-corrected chi connectivity index (χ4v) is 3.59. The van der Waals surface area contributed by atoms with E-state index in [1.807, 2.05) is 19.9 Å². The van der Waals surface area contributed by atoms with E-state index in [0.717, 1.165) is 10.3 Å². The molecule has 21 heavy (non-hydrogen) atoms. The summed E-state index contributed by atoms with van der Waals surface area (Å²) in [7, 11) is 0. The van der Waals surface area contributed by atoms with Gasteiger partial charge in [-0.3, -0.25) is 0 Å². The third kappa shape index (κ3) is 2.54. The van der Waals surface area contributed by atoms with Gasteiger partial charge in [-0.25, -0.2) is 4.98 Å². The smallest absolute Gasteiger partial charge is 0.303 e. The summed E-state index contributed by atoms with van der Waals surface area (Å²) < 4.78 is 18.3. The van der Waals surface area contributed by atoms with Crippen molar-refractivity contribution in [3.05, 3.63) is 29.5 Å². The summed E-state index contributed by atoms with van der Waals surface area (Å²) >= 11 is 0.300. The van der Waals surface area contributed by atoms with Gasteiger partial charge in [0.05, 0.1) is 10.1 Å². The van der Waals surface area contributed by atoms with Crippen molar-refractivity contribution in [3.63, 3.8) is 0 Å². The monoisotopic (exact) mass is 322 g/mol. The summed E-state index contributed by atoms with van der Waals surface area (Å²) in [6.07, 6.45) is 3.37. The molecule has 0 amide bonds. The average Bonchev–Trinajstić information content (AvgIpc) is 3.03. The maximum atomic E-state index is 11.5. The van der Waals surface area contributed by atoms with Crippen molar-refractivity contribution in [2.24, 2.45) is 0 Å². The molecule has 0 bridgehead atoms. The topological polar surface area (TPSA) is 87.8 Å². The van der Waals surface area contributed by atoms with Crippen molar-refractivity contribution in [3.8, 4) is 0 Å². The zero-order valence-electron chi connectivity index (χ0n) is 12.1. The van der Waals surface area contributed by atoms with Crippen LogP contribution in [0.15, 0.2) is 21.1 Å². The maximum Gasteiger partial charge on any atom is 0.303 e. The number of fused-ring (bicyclic) bond motifs is 1. The van der Waals surface area contributed by atoms with Crippen molar-refractivity contribution in [1.29, 1.82) is 0 Å². The molecule has 3 aromatic rings. The quantitative estimate of drug-likeness (QED) is 0.688. The second-order valence-electron chi connectivity index (χ2n) is 5.25. The molecule has 110 valence electrons. The normalized spacial score (nSPS) is 13.8. The lowest BCUT2D eigenvalue weighted by atomic mass is 9.85. The molecule has 0 radical (unpaired) electrons. The number of thiazole rings is 1. The molecule has 6 nitrogen and oxygen atoms in total. The van der Waals surface area contributed by atoms with Crippen LogP contribution in [-0.4, -0.2) is 30.9 Å². The van der Waals surface area contributed by atoms with Gasteiger partial charge in [-0.05, 0) is 32.4 Å². The van der Waals surface area contributed by atoms with Gasteiger partial charge in [-0.1, -0.05) is 16.5 Å². The van der Waals surface area contributed by atoms with E-state index in [9.17, 15) is 4.55 Å². The first kappa shape index (κ1) is 14.4. The van der Waals surface area contributed by atoms with Gasteiger partial charge >= 0.3 is 4.34 Å². The minimum absolute atomic E-state index is 0.446. The van der Waals surface area contributed by atoms with Crippen molar-refractivity contribution in [2.75, 3.05) is 6.26 Å². The molecule has 0 aliphatic carbocycles. The van der Waals surface area contributed by atoms with Crippen LogP contribution in [-0.2, 0) is 16.6 Å². The lowest BCUT2D eigenvalue weighted by Crippen LogP contribution is -2.19. The highest BCUT2D eigenvalue weighted by atomic mass is 32.2. The Hall–Kier alpha value is -1.51. The lowest BCUT2D eigenvalue weighted by molar-refractivity contribution is 0.330. The molecule has 0 aliphatic rings. The number of rotatable bonds is 3. The van der Waals surface area contributed by atoms with Crippen LogP contribution < -0.4 is 0 Å². The Morgan fingerprint density at radius 1 is 1.33 bits per heavy atom. The Morgan fingerprint density at radius 2 is 2.10 bits per heavy atom. The van der Waals surface area contributed by atoms with Crippen LogP contribution in [0.3, 0.4) is 0 Å². The van der Waals surface area contributed by atoms with Crippen LogP contribution in [0, 0.1) is 6.92 Å². The molecule has 3 heterocycles. The highest BCUT2D eigenvalue weighted by Gasteiger charge is 2.30. The van der Waals surface area contributed by atoms with Crippen molar-refractivity contribution in [1.82, 2.24) is 20.1 Å². The molecule has 1 unspecified atom stereocenters. The van der Waals surface area contributed by atoms with Crippen LogP contribution in [0.5, 0.6) is 0 Å². The van der Waals surface area contributed by atoms with E-state index in [1.165, 1.54) is 11.3 Å². The van der Waals surface area contributed by atoms with Crippen molar-refractivity contribution >= 4 is 32.9 Å². The van der Waals surface area contributed by atoms with Crippen LogP contribution in [0.25, 0.3) is 10.3 Å². The predicted octanol–water partition coefficient (Wildman–Crippen LogP) is 2.45. The Morgan fingerprint density at radius 3 is 2.71 bits per heavy atom. The third-order valence-corrected chi connectivity index (χ3v) is 5.58. The Kier molecular flexibility index (Phi) is 3.46. The van der Waals surface area contributed by atoms with Crippen molar-refractivity contribution < 1.29 is 9.08 Å². The number of aromatic nitrogens is 4. The molecule has 0 aromatic carbocycles. The molecule has 0 fully saturated rings. The molecular weight excluding hydrogens is 308 g/mol. The number of hydrogen-bond donors (Lipinski definition) is 0. The van der Waals surface area contributed by atoms with Gasteiger partial charge in [-0.15, -0.1) is 0 Å². The molecule has 3 rings (SSSR count). The first-order valence-electron chi connectivity index (χ1n) is 6.29. The molecule has 0 saturated heterocycles. The van der Waals surface area contributed by atoms with Crippen LogP contribution in [0.1, 0.15) is 31.1 Å². The molecule has 0 aliphatic heterocycles. The standard InChI is InChI=1S/C13H14N4O2S2/c1-7-15-11(19-17-7)13(2,3)8-5-9-10(14-6-8)16-12(20-9)21(4)18/h5-6H,1-4H3. The van der Waals surface area contributed by atoms with Gasteiger partial charge in [0.2, 0.25) is 5.89 Å². The van der Waals surface area contributed by atoms with E-state index in [2.05, 4.69) is 20.1 Å². The van der Waals surface area contributed by atoms with E-state index in [-0.39, 0.29) is 0 Å². The molecule has 0 spiro atoms.